The van der Waals surface area contributed by atoms with Crippen LogP contribution in [0.1, 0.15) is 0 Å². The van der Waals surface area contributed by atoms with Crippen LogP contribution in [0.25, 0.3) is 22.4 Å². The predicted molar refractivity (Wildman–Crippen MR) is 109 cm³/mol. The van der Waals surface area contributed by atoms with E-state index in [1.165, 1.54) is 37.8 Å². The third-order valence-electron chi connectivity index (χ3n) is 4.26. The highest BCUT2D eigenvalue weighted by Gasteiger charge is 2.18. The van der Waals surface area contributed by atoms with Crippen LogP contribution >= 0.6 is 11.8 Å². The predicted octanol–water partition coefficient (Wildman–Crippen LogP) is 2.62. The first kappa shape index (κ1) is 19.7. The summed E-state index contributed by atoms with van der Waals surface area (Å²) in [7, 11) is 4.58. The normalized spacial score (nSPS) is 10.9. The second-order valence-electron chi connectivity index (χ2n) is 5.97. The Hall–Kier alpha value is -3.60. The largest absolute Gasteiger partial charge is 0.493 e. The second-order valence-corrected chi connectivity index (χ2v) is 6.87. The number of nitrogens with zero attached hydrogens (tertiary/aromatic N) is 5. The minimum atomic E-state index is -0.238. The van der Waals surface area contributed by atoms with Gasteiger partial charge in [0.25, 0.3) is 10.8 Å². The zero-order chi connectivity index (χ0) is 21.1. The highest BCUT2D eigenvalue weighted by atomic mass is 32.2. The molecule has 0 N–H and O–H groups in total. The van der Waals surface area contributed by atoms with E-state index in [0.717, 1.165) is 0 Å². The number of hydrogen-bond donors (Lipinski definition) is 0. The van der Waals surface area contributed by atoms with E-state index in [0.29, 0.717) is 33.7 Å². The summed E-state index contributed by atoms with van der Waals surface area (Å²) in [6.07, 6.45) is 0. The zero-order valence-corrected chi connectivity index (χ0v) is 17.2. The average molecular weight is 427 g/mol. The first-order chi connectivity index (χ1) is 14.6. The molecule has 2 heterocycles. The Morgan fingerprint density at radius 3 is 2.43 bits per heavy atom. The van der Waals surface area contributed by atoms with Gasteiger partial charge in [0.05, 0.1) is 26.7 Å². The fourth-order valence-electron chi connectivity index (χ4n) is 2.81. The summed E-state index contributed by atoms with van der Waals surface area (Å²) in [4.78, 5) is 12.5. The monoisotopic (exact) mass is 427 g/mol. The van der Waals surface area contributed by atoms with Crippen molar-refractivity contribution in [1.29, 1.82) is 0 Å². The lowest BCUT2D eigenvalue weighted by molar-refractivity contribution is 0.324. The Bertz CT molecular complexity index is 1230. The first-order valence-corrected chi connectivity index (χ1v) is 9.72. The van der Waals surface area contributed by atoms with E-state index < -0.39 is 0 Å². The van der Waals surface area contributed by atoms with Crippen molar-refractivity contribution in [3.8, 4) is 28.7 Å². The van der Waals surface area contributed by atoms with Crippen LogP contribution in [0.4, 0.5) is 0 Å². The van der Waals surface area contributed by atoms with E-state index in [4.69, 9.17) is 18.6 Å². The molecule has 2 aromatic heterocycles. The molecule has 0 spiro atoms. The number of thioether (sulfide) groups is 1. The van der Waals surface area contributed by atoms with Crippen LogP contribution in [-0.4, -0.2) is 46.5 Å². The lowest BCUT2D eigenvalue weighted by Gasteiger charge is -2.12. The van der Waals surface area contributed by atoms with Gasteiger partial charge in [0, 0.05) is 5.56 Å². The van der Waals surface area contributed by atoms with E-state index >= 15 is 0 Å². The number of aromatic nitrogens is 5. The molecule has 0 radical (unpaired) electrons. The van der Waals surface area contributed by atoms with Crippen molar-refractivity contribution < 1.29 is 18.6 Å². The van der Waals surface area contributed by atoms with Crippen molar-refractivity contribution in [1.82, 2.24) is 25.2 Å². The molecule has 4 aromatic rings. The summed E-state index contributed by atoms with van der Waals surface area (Å²) in [5.41, 5.74) is 0.912. The molecular formula is C19H17N5O5S. The van der Waals surface area contributed by atoms with Crippen LogP contribution in [0.2, 0.25) is 0 Å². The molecule has 0 aliphatic heterocycles. The molecule has 0 fully saturated rings. The number of hydrogen-bond acceptors (Lipinski definition) is 10. The highest BCUT2D eigenvalue weighted by molar-refractivity contribution is 7.98. The zero-order valence-electron chi connectivity index (χ0n) is 16.4. The average Bonchev–Trinajstić information content (AvgIpc) is 3.27. The molecule has 0 atom stereocenters. The van der Waals surface area contributed by atoms with Gasteiger partial charge in [-0.2, -0.15) is 4.68 Å². The highest BCUT2D eigenvalue weighted by Crippen LogP contribution is 2.41. The minimum absolute atomic E-state index is 0.174. The minimum Gasteiger partial charge on any atom is -0.493 e. The van der Waals surface area contributed by atoms with Crippen molar-refractivity contribution in [2.24, 2.45) is 0 Å². The van der Waals surface area contributed by atoms with Gasteiger partial charge in [0.15, 0.2) is 11.5 Å². The molecular weight excluding hydrogens is 410 g/mol. The van der Waals surface area contributed by atoms with Gasteiger partial charge in [-0.1, -0.05) is 17.3 Å². The summed E-state index contributed by atoms with van der Waals surface area (Å²) in [6, 6.07) is 10.5. The molecule has 11 heteroatoms. The Labute approximate surface area is 174 Å². The quantitative estimate of drug-likeness (QED) is 0.408. The van der Waals surface area contributed by atoms with Gasteiger partial charge >= 0.3 is 0 Å². The third-order valence-corrected chi connectivity index (χ3v) is 5.04. The van der Waals surface area contributed by atoms with Crippen molar-refractivity contribution >= 4 is 22.7 Å². The molecule has 0 saturated heterocycles. The molecule has 0 aliphatic rings. The lowest BCUT2D eigenvalue weighted by Crippen LogP contribution is -2.23. The number of fused-ring (bicyclic) bond motifs is 1. The summed E-state index contributed by atoms with van der Waals surface area (Å²) in [6.45, 7) is 0. The van der Waals surface area contributed by atoms with Crippen LogP contribution in [0.15, 0.2) is 50.8 Å². The standard InChI is InChI=1S/C19H17N5O5S/c1-26-14-8-11(9-15(27-2)16(14)28-3)17-21-22-19(29-17)30-10-24-18(25)12-6-4-5-7-13(12)20-23-24/h4-9H,10H2,1-3H3. The number of rotatable bonds is 7. The van der Waals surface area contributed by atoms with E-state index in [2.05, 4.69) is 20.5 Å². The van der Waals surface area contributed by atoms with E-state index in [-0.39, 0.29) is 22.5 Å². The smallest absolute Gasteiger partial charge is 0.278 e. The first-order valence-electron chi connectivity index (χ1n) is 8.73. The topological polar surface area (TPSA) is 114 Å². The van der Waals surface area contributed by atoms with Crippen LogP contribution in [0, 0.1) is 0 Å². The van der Waals surface area contributed by atoms with Gasteiger partial charge < -0.3 is 18.6 Å². The Balaban J connectivity index is 1.57. The summed E-state index contributed by atoms with van der Waals surface area (Å²) >= 11 is 1.17. The molecule has 0 bridgehead atoms. The van der Waals surface area contributed by atoms with Crippen molar-refractivity contribution in [2.45, 2.75) is 11.1 Å². The molecule has 0 aliphatic carbocycles. The van der Waals surface area contributed by atoms with Crippen LogP contribution in [0.5, 0.6) is 17.2 Å². The van der Waals surface area contributed by atoms with Crippen LogP contribution < -0.4 is 19.8 Å². The molecule has 0 saturated carbocycles. The maximum atomic E-state index is 12.5. The van der Waals surface area contributed by atoms with Gasteiger partial charge in [0.1, 0.15) is 11.4 Å². The molecule has 10 nitrogen and oxygen atoms in total. The maximum absolute atomic E-state index is 12.5. The molecule has 2 aromatic carbocycles. The fraction of sp³-hybridized carbons (Fsp3) is 0.211. The number of methoxy groups -OCH3 is 3. The third kappa shape index (κ3) is 3.66. The van der Waals surface area contributed by atoms with Gasteiger partial charge in [-0.15, -0.1) is 15.3 Å². The van der Waals surface area contributed by atoms with Gasteiger partial charge in [0.2, 0.25) is 11.6 Å². The lowest BCUT2D eigenvalue weighted by atomic mass is 10.2. The molecule has 0 unspecified atom stereocenters. The van der Waals surface area contributed by atoms with Gasteiger partial charge in [-0.25, -0.2) is 0 Å². The number of ether oxygens (including phenoxy) is 3. The van der Waals surface area contributed by atoms with Crippen molar-refractivity contribution in [3.63, 3.8) is 0 Å². The van der Waals surface area contributed by atoms with Gasteiger partial charge in [-0.05, 0) is 36.0 Å². The molecule has 4 rings (SSSR count). The van der Waals surface area contributed by atoms with Crippen LogP contribution in [-0.2, 0) is 5.88 Å². The number of benzene rings is 2. The Morgan fingerprint density at radius 2 is 1.73 bits per heavy atom. The molecule has 0 amide bonds. The molecule has 30 heavy (non-hydrogen) atoms. The summed E-state index contributed by atoms with van der Waals surface area (Å²) in [5.74, 6) is 1.85. The second kappa shape index (κ2) is 8.41. The Morgan fingerprint density at radius 1 is 1.00 bits per heavy atom. The SMILES string of the molecule is COc1cc(-c2nnc(SCn3nnc4ccccc4c3=O)o2)cc(OC)c1OC. The fourth-order valence-corrected chi connectivity index (χ4v) is 3.45. The van der Waals surface area contributed by atoms with Crippen LogP contribution in [0.3, 0.4) is 0 Å². The van der Waals surface area contributed by atoms with Gasteiger partial charge in [-0.3, -0.25) is 4.79 Å². The maximum Gasteiger partial charge on any atom is 0.278 e. The summed E-state index contributed by atoms with van der Waals surface area (Å²) < 4.78 is 23.0. The summed E-state index contributed by atoms with van der Waals surface area (Å²) in [5, 5.41) is 16.9. The van der Waals surface area contributed by atoms with Crippen molar-refractivity contribution in [2.75, 3.05) is 21.3 Å². The van der Waals surface area contributed by atoms with E-state index in [1.807, 2.05) is 0 Å². The Kier molecular flexibility index (Phi) is 5.53. The van der Waals surface area contributed by atoms with E-state index in [1.54, 1.807) is 36.4 Å². The van der Waals surface area contributed by atoms with E-state index in [9.17, 15) is 4.79 Å². The molecule has 154 valence electrons. The van der Waals surface area contributed by atoms with Crippen molar-refractivity contribution in [3.05, 3.63) is 46.8 Å².